The maximum absolute atomic E-state index is 14.7. The van der Waals surface area contributed by atoms with E-state index in [2.05, 4.69) is 16.9 Å². The summed E-state index contributed by atoms with van der Waals surface area (Å²) in [6, 6.07) is 20.1. The molecule has 2 saturated heterocycles. The van der Waals surface area contributed by atoms with Gasteiger partial charge in [-0.05, 0) is 41.2 Å². The summed E-state index contributed by atoms with van der Waals surface area (Å²) in [5, 5.41) is 17.0. The number of piperazine rings is 1. The van der Waals surface area contributed by atoms with Gasteiger partial charge in [-0.25, -0.2) is 14.8 Å². The number of phenols is 1. The van der Waals surface area contributed by atoms with E-state index in [9.17, 15) is 24.3 Å². The van der Waals surface area contributed by atoms with Crippen LogP contribution in [0.25, 0.3) is 10.9 Å². The maximum atomic E-state index is 14.7. The van der Waals surface area contributed by atoms with Crippen molar-refractivity contribution in [3.63, 3.8) is 0 Å². The first-order valence-electron chi connectivity index (χ1n) is 17.4. The van der Waals surface area contributed by atoms with Gasteiger partial charge in [0.15, 0.2) is 5.78 Å². The molecule has 2 fully saturated rings. The van der Waals surface area contributed by atoms with Crippen LogP contribution in [0.5, 0.6) is 5.75 Å². The minimum absolute atomic E-state index is 0.0393. The molecule has 3 N–H and O–H groups in total. The fourth-order valence-electron chi connectivity index (χ4n) is 7.22. The number of aromatic amines is 1. The number of amides is 4. The Hall–Kier alpha value is -5.42. The second-order valence-electron chi connectivity index (χ2n) is 14.6. The van der Waals surface area contributed by atoms with Gasteiger partial charge in [0.2, 0.25) is 11.8 Å². The quantitative estimate of drug-likeness (QED) is 0.143. The van der Waals surface area contributed by atoms with E-state index in [0.29, 0.717) is 12.0 Å². The van der Waals surface area contributed by atoms with Gasteiger partial charge >= 0.3 is 6.03 Å². The molecule has 51 heavy (non-hydrogen) atoms. The summed E-state index contributed by atoms with van der Waals surface area (Å²) in [5.74, 6) is -0.393. The fourth-order valence-corrected chi connectivity index (χ4v) is 7.22. The maximum Gasteiger partial charge on any atom is 0.334 e. The third kappa shape index (κ3) is 7.39. The molecule has 1 aromatic heterocycles. The van der Waals surface area contributed by atoms with Crippen LogP contribution in [0.3, 0.4) is 0 Å². The number of carbonyl (C=O) groups excluding carboxylic acids is 4. The number of H-pyrrole nitrogens is 1. The van der Waals surface area contributed by atoms with Crippen molar-refractivity contribution in [3.05, 3.63) is 114 Å². The largest absolute Gasteiger partial charge is 0.508 e. The molecule has 2 aliphatic rings. The number of benzene rings is 3. The van der Waals surface area contributed by atoms with Gasteiger partial charge in [-0.1, -0.05) is 87.5 Å². The Bertz CT molecular complexity index is 1930. The lowest BCUT2D eigenvalue weighted by atomic mass is 9.87. The van der Waals surface area contributed by atoms with Gasteiger partial charge in [0.1, 0.15) is 18.0 Å². The number of nitrogens with one attached hydrogen (secondary N) is 2. The summed E-state index contributed by atoms with van der Waals surface area (Å²) in [4.78, 5) is 62.7. The van der Waals surface area contributed by atoms with E-state index in [0.717, 1.165) is 27.6 Å². The summed E-state index contributed by atoms with van der Waals surface area (Å²) in [6.45, 7) is 12.4. The molecule has 4 aromatic rings. The van der Waals surface area contributed by atoms with E-state index in [-0.39, 0.29) is 61.4 Å². The molecule has 3 atom stereocenters. The number of para-hydroxylation sites is 1. The van der Waals surface area contributed by atoms with Crippen LogP contribution in [0.1, 0.15) is 67.2 Å². The number of hydrogen-bond acceptors (Lipinski definition) is 6. The van der Waals surface area contributed by atoms with Crippen molar-refractivity contribution in [2.24, 2.45) is 5.41 Å². The highest BCUT2D eigenvalue weighted by Crippen LogP contribution is 2.36. The highest BCUT2D eigenvalue weighted by atomic mass is 16.3. The smallest absolute Gasteiger partial charge is 0.334 e. The monoisotopic (exact) mass is 690 g/mol. The number of rotatable bonds is 10. The molecule has 6 rings (SSSR count). The van der Waals surface area contributed by atoms with Crippen molar-refractivity contribution in [3.8, 4) is 5.75 Å². The molecule has 0 saturated carbocycles. The Morgan fingerprint density at radius 1 is 1.02 bits per heavy atom. The lowest BCUT2D eigenvalue weighted by Crippen LogP contribution is -2.76. The molecule has 0 radical (unpaired) electrons. The molecule has 3 heterocycles. The number of Topliss-reactive ketones (excluding diaryl/α,β-unsaturated/α-hetero) is 1. The van der Waals surface area contributed by atoms with Crippen molar-refractivity contribution in [1.29, 1.82) is 0 Å². The normalized spacial score (nSPS) is 18.9. The summed E-state index contributed by atoms with van der Waals surface area (Å²) >= 11 is 0. The second-order valence-corrected chi connectivity index (χ2v) is 14.6. The van der Waals surface area contributed by atoms with Crippen LogP contribution < -0.4 is 5.32 Å². The zero-order chi connectivity index (χ0) is 36.4. The van der Waals surface area contributed by atoms with Crippen LogP contribution in [-0.2, 0) is 22.6 Å². The van der Waals surface area contributed by atoms with Crippen LogP contribution in [0.4, 0.5) is 4.79 Å². The van der Waals surface area contributed by atoms with Crippen molar-refractivity contribution in [1.82, 2.24) is 30.1 Å². The average Bonchev–Trinajstić information content (AvgIpc) is 3.54. The predicted molar refractivity (Wildman–Crippen MR) is 195 cm³/mol. The Balaban J connectivity index is 1.39. The number of carbonyl (C=O) groups is 4. The van der Waals surface area contributed by atoms with E-state index < -0.39 is 24.3 Å². The number of urea groups is 1. The zero-order valence-electron chi connectivity index (χ0n) is 29.6. The van der Waals surface area contributed by atoms with E-state index in [4.69, 9.17) is 0 Å². The van der Waals surface area contributed by atoms with E-state index in [1.165, 1.54) is 0 Å². The molecule has 0 spiro atoms. The van der Waals surface area contributed by atoms with Gasteiger partial charge in [0.25, 0.3) is 0 Å². The molecular formula is C40H46N6O5. The van der Waals surface area contributed by atoms with Gasteiger partial charge in [0, 0.05) is 43.1 Å². The number of aromatic nitrogens is 1. The minimum atomic E-state index is -0.926. The number of nitrogens with zero attached hydrogens (tertiary/aromatic N) is 4. The molecule has 3 aromatic carbocycles. The number of hydrogen-bond donors (Lipinski definition) is 3. The topological polar surface area (TPSA) is 129 Å². The molecule has 11 nitrogen and oxygen atoms in total. The Labute approximate surface area is 298 Å². The van der Waals surface area contributed by atoms with Crippen molar-refractivity contribution >= 4 is 34.5 Å². The zero-order valence-corrected chi connectivity index (χ0v) is 29.6. The standard InChI is InChI=1S/C40H46N6O5/c1-6-19-43-25-36(49)45-33(20-27-15-17-29(47)18-16-27)38(50)44(24-35(45)46(43)39(51)42-22-28-11-8-7-9-12-28)26(2)30-13-10-14-31-32(23-41-37(30)31)34(48)21-40(3,4)5/h6-18,23,26,33,35,41,47H,1,19-22,24-25H2,2-5H3,(H,42,51). The molecule has 4 amide bonds. The SMILES string of the molecule is C=CCN1CC(=O)N2C(Cc3ccc(O)cc3)C(=O)N(C(C)c3cccc4c(C(=O)CC(C)(C)C)c[nH]c34)CC2N1C(=O)NCc1ccccc1. The third-order valence-electron chi connectivity index (χ3n) is 9.63. The van der Waals surface area contributed by atoms with Crippen LogP contribution in [0, 0.1) is 5.41 Å². The minimum Gasteiger partial charge on any atom is -0.508 e. The van der Waals surface area contributed by atoms with Crippen LogP contribution in [0.2, 0.25) is 0 Å². The molecule has 2 aliphatic heterocycles. The first kappa shape index (κ1) is 35.4. The van der Waals surface area contributed by atoms with E-state index >= 15 is 0 Å². The van der Waals surface area contributed by atoms with Gasteiger partial charge in [-0.2, -0.15) is 0 Å². The number of hydrazine groups is 1. The molecular weight excluding hydrogens is 644 g/mol. The lowest BCUT2D eigenvalue weighted by Gasteiger charge is -2.56. The highest BCUT2D eigenvalue weighted by Gasteiger charge is 2.52. The highest BCUT2D eigenvalue weighted by molar-refractivity contribution is 6.08. The second kappa shape index (κ2) is 14.4. The molecule has 3 unspecified atom stereocenters. The lowest BCUT2D eigenvalue weighted by molar-refractivity contribution is -0.191. The molecule has 0 bridgehead atoms. The van der Waals surface area contributed by atoms with Crippen LogP contribution >= 0.6 is 0 Å². The Morgan fingerprint density at radius 3 is 2.43 bits per heavy atom. The van der Waals surface area contributed by atoms with Crippen molar-refractivity contribution < 1.29 is 24.3 Å². The average molecular weight is 691 g/mol. The summed E-state index contributed by atoms with van der Waals surface area (Å²) in [5.41, 5.74) is 3.68. The number of phenolic OH excluding ortho intramolecular Hbond substituents is 1. The Kier molecular flexibility index (Phi) is 10.0. The third-order valence-corrected chi connectivity index (χ3v) is 9.63. The van der Waals surface area contributed by atoms with Gasteiger partial charge in [-0.15, -0.1) is 6.58 Å². The first-order valence-corrected chi connectivity index (χ1v) is 17.4. The van der Waals surface area contributed by atoms with Gasteiger partial charge in [-0.3, -0.25) is 14.4 Å². The number of fused-ring (bicyclic) bond motifs is 2. The van der Waals surface area contributed by atoms with Crippen LogP contribution in [-0.4, -0.2) is 85.4 Å². The summed E-state index contributed by atoms with van der Waals surface area (Å²) in [7, 11) is 0. The predicted octanol–water partition coefficient (Wildman–Crippen LogP) is 5.79. The van der Waals surface area contributed by atoms with E-state index in [1.807, 2.05) is 76.2 Å². The van der Waals surface area contributed by atoms with Crippen molar-refractivity contribution in [2.45, 2.75) is 65.3 Å². The van der Waals surface area contributed by atoms with Gasteiger partial charge < -0.3 is 25.2 Å². The first-order chi connectivity index (χ1) is 24.4. The molecule has 0 aliphatic carbocycles. The molecule has 11 heteroatoms. The number of ketones is 1. The Morgan fingerprint density at radius 2 is 1.75 bits per heavy atom. The molecule has 266 valence electrons. The van der Waals surface area contributed by atoms with Crippen LogP contribution in [0.15, 0.2) is 91.6 Å². The number of aromatic hydroxyl groups is 1. The van der Waals surface area contributed by atoms with Gasteiger partial charge in [0.05, 0.1) is 24.6 Å². The summed E-state index contributed by atoms with van der Waals surface area (Å²) < 4.78 is 0. The summed E-state index contributed by atoms with van der Waals surface area (Å²) in [6.07, 6.45) is 3.14. The van der Waals surface area contributed by atoms with E-state index in [1.54, 1.807) is 56.4 Å². The van der Waals surface area contributed by atoms with Crippen molar-refractivity contribution in [2.75, 3.05) is 19.6 Å². The fraction of sp³-hybridized carbons (Fsp3) is 0.350.